The summed E-state index contributed by atoms with van der Waals surface area (Å²) in [5, 5.41) is 3.62. The van der Waals surface area contributed by atoms with Crippen LogP contribution in [0.25, 0.3) is 0 Å². The van der Waals surface area contributed by atoms with E-state index < -0.39 is 0 Å². The van der Waals surface area contributed by atoms with Gasteiger partial charge in [-0.1, -0.05) is 6.92 Å². The minimum Gasteiger partial charge on any atom is -0.313 e. The topological polar surface area (TPSA) is 21.8 Å². The van der Waals surface area contributed by atoms with E-state index in [1.807, 2.05) is 0 Å². The van der Waals surface area contributed by atoms with Gasteiger partial charge in [-0.15, -0.1) is 0 Å². The Kier molecular flexibility index (Phi) is 7.91. The molecule has 0 aromatic heterocycles. The van der Waals surface area contributed by atoms with Gasteiger partial charge in [0.2, 0.25) is 0 Å². The van der Waals surface area contributed by atoms with Crippen molar-refractivity contribution < 1.29 is 0 Å². The van der Waals surface area contributed by atoms with Gasteiger partial charge in [-0.05, 0) is 34.4 Å². The summed E-state index contributed by atoms with van der Waals surface area (Å²) >= 11 is 0. The van der Waals surface area contributed by atoms with Gasteiger partial charge in [0.05, 0.1) is 0 Å². The number of piperazine rings is 1. The Labute approximate surface area is 120 Å². The van der Waals surface area contributed by atoms with Gasteiger partial charge in [-0.2, -0.15) is 0 Å². The highest BCUT2D eigenvalue weighted by Gasteiger charge is 2.20. The highest BCUT2D eigenvalue weighted by atomic mass is 15.3. The second-order valence-electron chi connectivity index (χ2n) is 6.25. The first kappa shape index (κ1) is 16.9. The van der Waals surface area contributed by atoms with Crippen LogP contribution in [0, 0.1) is 0 Å². The molecular formula is C15H34N4. The van der Waals surface area contributed by atoms with Crippen LogP contribution in [0.5, 0.6) is 0 Å². The Morgan fingerprint density at radius 2 is 1.74 bits per heavy atom. The molecule has 1 saturated heterocycles. The van der Waals surface area contributed by atoms with Crippen molar-refractivity contribution in [3.8, 4) is 0 Å². The SMILES string of the molecule is CCC(C)NCC(C)N1CCN(CCN(C)C)CC1. The van der Waals surface area contributed by atoms with Gasteiger partial charge in [-0.3, -0.25) is 9.80 Å². The number of hydrogen-bond acceptors (Lipinski definition) is 4. The first-order valence-electron chi connectivity index (χ1n) is 7.87. The van der Waals surface area contributed by atoms with E-state index in [0.29, 0.717) is 12.1 Å². The normalized spacial score (nSPS) is 21.8. The fraction of sp³-hybridized carbons (Fsp3) is 1.00. The standard InChI is InChI=1S/C15H34N4/c1-6-14(2)16-13-15(3)19-11-9-18(10-12-19)8-7-17(4)5/h14-16H,6-13H2,1-5H3. The van der Waals surface area contributed by atoms with Gasteiger partial charge >= 0.3 is 0 Å². The molecule has 19 heavy (non-hydrogen) atoms. The second kappa shape index (κ2) is 8.90. The molecule has 1 aliphatic heterocycles. The molecule has 1 rings (SSSR count). The molecule has 0 bridgehead atoms. The van der Waals surface area contributed by atoms with Gasteiger partial charge in [0.15, 0.2) is 0 Å². The van der Waals surface area contributed by atoms with Crippen LogP contribution in [0.1, 0.15) is 27.2 Å². The summed E-state index contributed by atoms with van der Waals surface area (Å²) in [6, 6.07) is 1.30. The summed E-state index contributed by atoms with van der Waals surface area (Å²) in [6.07, 6.45) is 1.21. The van der Waals surface area contributed by atoms with E-state index in [9.17, 15) is 0 Å². The van der Waals surface area contributed by atoms with E-state index in [1.165, 1.54) is 45.7 Å². The first-order chi connectivity index (χ1) is 9.02. The third-order valence-corrected chi connectivity index (χ3v) is 4.27. The average Bonchev–Trinajstić information content (AvgIpc) is 2.42. The third kappa shape index (κ3) is 6.70. The van der Waals surface area contributed by atoms with Crippen LogP contribution in [0.4, 0.5) is 0 Å². The zero-order valence-corrected chi connectivity index (χ0v) is 13.7. The van der Waals surface area contributed by atoms with Crippen LogP contribution in [0.2, 0.25) is 0 Å². The van der Waals surface area contributed by atoms with Crippen molar-refractivity contribution in [2.24, 2.45) is 0 Å². The maximum Gasteiger partial charge on any atom is 0.0193 e. The van der Waals surface area contributed by atoms with Crippen molar-refractivity contribution in [1.82, 2.24) is 20.0 Å². The van der Waals surface area contributed by atoms with Crippen molar-refractivity contribution in [2.75, 3.05) is 59.9 Å². The molecule has 1 heterocycles. The lowest BCUT2D eigenvalue weighted by Gasteiger charge is -2.38. The summed E-state index contributed by atoms with van der Waals surface area (Å²) in [7, 11) is 4.30. The summed E-state index contributed by atoms with van der Waals surface area (Å²) in [5.41, 5.74) is 0. The Balaban J connectivity index is 2.17. The highest BCUT2D eigenvalue weighted by molar-refractivity contribution is 4.78. The van der Waals surface area contributed by atoms with Gasteiger partial charge in [0, 0.05) is 57.9 Å². The summed E-state index contributed by atoms with van der Waals surface area (Å²) in [5.74, 6) is 0. The Morgan fingerprint density at radius 1 is 1.11 bits per heavy atom. The average molecular weight is 270 g/mol. The molecule has 0 aliphatic carbocycles. The van der Waals surface area contributed by atoms with Crippen LogP contribution in [-0.4, -0.2) is 86.7 Å². The molecule has 2 atom stereocenters. The molecule has 114 valence electrons. The van der Waals surface area contributed by atoms with Crippen LogP contribution in [0.3, 0.4) is 0 Å². The lowest BCUT2D eigenvalue weighted by atomic mass is 10.2. The van der Waals surface area contributed by atoms with Crippen molar-refractivity contribution in [1.29, 1.82) is 0 Å². The number of likely N-dealkylation sites (N-methyl/N-ethyl adjacent to an activating group) is 1. The molecule has 2 unspecified atom stereocenters. The van der Waals surface area contributed by atoms with E-state index >= 15 is 0 Å². The van der Waals surface area contributed by atoms with Gasteiger partial charge in [-0.25, -0.2) is 0 Å². The summed E-state index contributed by atoms with van der Waals surface area (Å²) < 4.78 is 0. The van der Waals surface area contributed by atoms with E-state index in [1.54, 1.807) is 0 Å². The second-order valence-corrected chi connectivity index (χ2v) is 6.25. The van der Waals surface area contributed by atoms with Crippen LogP contribution in [-0.2, 0) is 0 Å². The van der Waals surface area contributed by atoms with E-state index in [0.717, 1.165) is 6.54 Å². The Hall–Kier alpha value is -0.160. The van der Waals surface area contributed by atoms with E-state index in [-0.39, 0.29) is 0 Å². The number of nitrogens with zero attached hydrogens (tertiary/aromatic N) is 3. The van der Waals surface area contributed by atoms with E-state index in [2.05, 4.69) is 54.9 Å². The van der Waals surface area contributed by atoms with Crippen LogP contribution < -0.4 is 5.32 Å². The van der Waals surface area contributed by atoms with Gasteiger partial charge in [0.25, 0.3) is 0 Å². The molecule has 0 amide bonds. The van der Waals surface area contributed by atoms with Crippen LogP contribution in [0.15, 0.2) is 0 Å². The minimum absolute atomic E-state index is 0.642. The molecule has 1 fully saturated rings. The fourth-order valence-electron chi connectivity index (χ4n) is 2.41. The van der Waals surface area contributed by atoms with Gasteiger partial charge < -0.3 is 10.2 Å². The smallest absolute Gasteiger partial charge is 0.0193 e. The molecule has 0 spiro atoms. The Bertz CT molecular complexity index is 224. The predicted molar refractivity (Wildman–Crippen MR) is 83.8 cm³/mol. The zero-order valence-electron chi connectivity index (χ0n) is 13.7. The molecule has 0 saturated carbocycles. The van der Waals surface area contributed by atoms with Crippen molar-refractivity contribution >= 4 is 0 Å². The molecule has 0 aromatic carbocycles. The molecule has 1 aliphatic rings. The molecule has 1 N–H and O–H groups in total. The number of rotatable bonds is 8. The molecule has 0 aromatic rings. The van der Waals surface area contributed by atoms with E-state index in [4.69, 9.17) is 0 Å². The van der Waals surface area contributed by atoms with Crippen molar-refractivity contribution in [3.05, 3.63) is 0 Å². The molecular weight excluding hydrogens is 236 g/mol. The molecule has 0 radical (unpaired) electrons. The fourth-order valence-corrected chi connectivity index (χ4v) is 2.41. The summed E-state index contributed by atoms with van der Waals surface area (Å²) in [6.45, 7) is 15.2. The van der Waals surface area contributed by atoms with Crippen molar-refractivity contribution in [3.63, 3.8) is 0 Å². The Morgan fingerprint density at radius 3 is 2.26 bits per heavy atom. The zero-order chi connectivity index (χ0) is 14.3. The quantitative estimate of drug-likeness (QED) is 0.709. The molecule has 4 nitrogen and oxygen atoms in total. The lowest BCUT2D eigenvalue weighted by Crippen LogP contribution is -2.53. The van der Waals surface area contributed by atoms with Gasteiger partial charge in [0.1, 0.15) is 0 Å². The predicted octanol–water partition coefficient (Wildman–Crippen LogP) is 0.942. The first-order valence-corrected chi connectivity index (χ1v) is 7.87. The monoisotopic (exact) mass is 270 g/mol. The van der Waals surface area contributed by atoms with Crippen molar-refractivity contribution in [2.45, 2.75) is 39.3 Å². The highest BCUT2D eigenvalue weighted by Crippen LogP contribution is 2.06. The number of hydrogen-bond donors (Lipinski definition) is 1. The minimum atomic E-state index is 0.642. The van der Waals surface area contributed by atoms with Crippen LogP contribution >= 0.6 is 0 Å². The lowest BCUT2D eigenvalue weighted by molar-refractivity contribution is 0.0961. The number of nitrogens with one attached hydrogen (secondary N) is 1. The summed E-state index contributed by atoms with van der Waals surface area (Å²) in [4.78, 5) is 7.48. The maximum absolute atomic E-state index is 3.62. The third-order valence-electron chi connectivity index (χ3n) is 4.27. The largest absolute Gasteiger partial charge is 0.313 e. The molecule has 4 heteroatoms. The maximum atomic E-state index is 3.62.